The molecule has 0 saturated carbocycles. The Morgan fingerprint density at radius 2 is 1.56 bits per heavy atom. The number of nitrogens with one attached hydrogen (secondary N) is 1. The molecule has 0 spiro atoms. The van der Waals surface area contributed by atoms with Crippen LogP contribution in [0, 0.1) is 13.8 Å². The van der Waals surface area contributed by atoms with Crippen molar-refractivity contribution in [3.63, 3.8) is 0 Å². The zero-order valence-corrected chi connectivity index (χ0v) is 18.7. The number of alkyl carbamates (subject to hydrolysis) is 1. The van der Waals surface area contributed by atoms with Gasteiger partial charge in [0, 0.05) is 5.92 Å². The van der Waals surface area contributed by atoms with E-state index in [0.717, 1.165) is 22.4 Å². The highest BCUT2D eigenvalue weighted by atomic mass is 16.5. The molecule has 166 valence electrons. The monoisotopic (exact) mass is 431 g/mol. The Morgan fingerprint density at radius 1 is 1.00 bits per heavy atom. The molecule has 3 aromatic rings. The van der Waals surface area contributed by atoms with E-state index >= 15 is 0 Å². The molecule has 32 heavy (non-hydrogen) atoms. The molecular formula is C27H29NO4. The van der Waals surface area contributed by atoms with Crippen LogP contribution in [0.4, 0.5) is 4.79 Å². The number of aliphatic hydroxyl groups excluding tert-OH is 1. The first-order valence-corrected chi connectivity index (χ1v) is 10.9. The van der Waals surface area contributed by atoms with Crippen LogP contribution in [-0.4, -0.2) is 37.6 Å². The zero-order valence-electron chi connectivity index (χ0n) is 18.7. The van der Waals surface area contributed by atoms with Crippen molar-refractivity contribution in [2.45, 2.75) is 32.2 Å². The van der Waals surface area contributed by atoms with Crippen LogP contribution in [0.25, 0.3) is 11.1 Å². The predicted molar refractivity (Wildman–Crippen MR) is 125 cm³/mol. The Kier molecular flexibility index (Phi) is 6.47. The highest BCUT2D eigenvalue weighted by Crippen LogP contribution is 2.44. The number of hydrogen-bond donors (Lipinski definition) is 2. The first kappa shape index (κ1) is 21.9. The van der Waals surface area contributed by atoms with Gasteiger partial charge in [-0.25, -0.2) is 4.79 Å². The second-order valence-corrected chi connectivity index (χ2v) is 8.29. The van der Waals surface area contributed by atoms with Gasteiger partial charge in [-0.2, -0.15) is 0 Å². The van der Waals surface area contributed by atoms with Gasteiger partial charge in [0.25, 0.3) is 0 Å². The zero-order chi connectivity index (χ0) is 22.7. The van der Waals surface area contributed by atoms with Crippen LogP contribution in [0.15, 0.2) is 60.7 Å². The normalized spacial score (nSPS) is 13.2. The largest absolute Gasteiger partial charge is 0.497 e. The van der Waals surface area contributed by atoms with Crippen molar-refractivity contribution in [2.24, 2.45) is 0 Å². The van der Waals surface area contributed by atoms with E-state index in [1.54, 1.807) is 7.11 Å². The lowest BCUT2D eigenvalue weighted by atomic mass is 9.96. The molecule has 0 aromatic heterocycles. The van der Waals surface area contributed by atoms with Crippen LogP contribution in [0.5, 0.6) is 5.75 Å². The molecule has 0 unspecified atom stereocenters. The molecule has 1 aliphatic rings. The molecule has 0 heterocycles. The number of aryl methyl sites for hydroxylation is 2. The molecular weight excluding hydrogens is 402 g/mol. The average Bonchev–Trinajstić information content (AvgIpc) is 3.12. The summed E-state index contributed by atoms with van der Waals surface area (Å²) in [4.78, 5) is 12.6. The summed E-state index contributed by atoms with van der Waals surface area (Å²) in [5.74, 6) is 0.806. The lowest BCUT2D eigenvalue weighted by molar-refractivity contribution is 0.132. The number of benzene rings is 3. The molecule has 0 radical (unpaired) electrons. The summed E-state index contributed by atoms with van der Waals surface area (Å²) in [5.41, 5.74) is 7.94. The maximum absolute atomic E-state index is 12.6. The van der Waals surface area contributed by atoms with Crippen LogP contribution < -0.4 is 10.1 Å². The van der Waals surface area contributed by atoms with Crippen molar-refractivity contribution in [1.29, 1.82) is 0 Å². The molecule has 5 nitrogen and oxygen atoms in total. The quantitative estimate of drug-likeness (QED) is 0.566. The van der Waals surface area contributed by atoms with E-state index in [2.05, 4.69) is 29.6 Å². The molecule has 1 amide bonds. The molecule has 3 aromatic carbocycles. The van der Waals surface area contributed by atoms with Gasteiger partial charge in [-0.3, -0.25) is 0 Å². The second kappa shape index (κ2) is 9.45. The second-order valence-electron chi connectivity index (χ2n) is 8.29. The van der Waals surface area contributed by atoms with Gasteiger partial charge >= 0.3 is 6.09 Å². The van der Waals surface area contributed by atoms with Crippen LogP contribution in [-0.2, 0) is 11.2 Å². The third-order valence-electron chi connectivity index (χ3n) is 6.24. The minimum Gasteiger partial charge on any atom is -0.497 e. The molecule has 5 heteroatoms. The summed E-state index contributed by atoms with van der Waals surface area (Å²) in [5, 5.41) is 12.7. The number of ether oxygens (including phenoxy) is 2. The number of hydrogen-bond acceptors (Lipinski definition) is 4. The van der Waals surface area contributed by atoms with Crippen LogP contribution in [0.2, 0.25) is 0 Å². The standard InChI is InChI=1S/C27H29NO4/c1-17-12-20(31-3)13-18(2)25(17)14-19(15-29)28-27(30)32-16-26-23-10-6-4-8-21(23)22-9-5-7-11-24(22)26/h4-13,19,26,29H,14-16H2,1-3H3,(H,28,30)/t19-/m0/s1. The highest BCUT2D eigenvalue weighted by Gasteiger charge is 2.29. The lowest BCUT2D eigenvalue weighted by Crippen LogP contribution is -2.40. The maximum atomic E-state index is 12.6. The molecule has 1 atom stereocenters. The van der Waals surface area contributed by atoms with E-state index in [9.17, 15) is 9.90 Å². The molecule has 0 aliphatic heterocycles. The van der Waals surface area contributed by atoms with Crippen molar-refractivity contribution in [3.8, 4) is 16.9 Å². The summed E-state index contributed by atoms with van der Waals surface area (Å²) >= 11 is 0. The number of carbonyl (C=O) groups is 1. The van der Waals surface area contributed by atoms with E-state index in [0.29, 0.717) is 6.42 Å². The Balaban J connectivity index is 1.42. The number of fused-ring (bicyclic) bond motifs is 3. The van der Waals surface area contributed by atoms with Crippen molar-refractivity contribution in [1.82, 2.24) is 5.32 Å². The fraction of sp³-hybridized carbons (Fsp3) is 0.296. The molecule has 0 saturated heterocycles. The van der Waals surface area contributed by atoms with Crippen LogP contribution >= 0.6 is 0 Å². The fourth-order valence-electron chi connectivity index (χ4n) is 4.61. The summed E-state index contributed by atoms with van der Waals surface area (Å²) < 4.78 is 10.9. The number of amides is 1. The van der Waals surface area contributed by atoms with E-state index < -0.39 is 12.1 Å². The van der Waals surface area contributed by atoms with Gasteiger partial charge in [-0.1, -0.05) is 48.5 Å². The number of rotatable bonds is 7. The fourth-order valence-corrected chi connectivity index (χ4v) is 4.61. The maximum Gasteiger partial charge on any atom is 0.407 e. The van der Waals surface area contributed by atoms with Gasteiger partial charge in [0.1, 0.15) is 12.4 Å². The SMILES string of the molecule is COc1cc(C)c(C[C@@H](CO)NC(=O)OCC2c3ccccc3-c3ccccc32)c(C)c1. The number of carbonyl (C=O) groups excluding carboxylic acids is 1. The Hall–Kier alpha value is -3.31. The van der Waals surface area contributed by atoms with Crippen molar-refractivity contribution in [2.75, 3.05) is 20.3 Å². The third kappa shape index (κ3) is 4.34. The van der Waals surface area contributed by atoms with E-state index in [1.165, 1.54) is 22.3 Å². The summed E-state index contributed by atoms with van der Waals surface area (Å²) in [7, 11) is 1.64. The van der Waals surface area contributed by atoms with Gasteiger partial charge in [-0.05, 0) is 71.3 Å². The Bertz CT molecular complexity index is 1060. The summed E-state index contributed by atoms with van der Waals surface area (Å²) in [6.45, 7) is 4.09. The van der Waals surface area contributed by atoms with E-state index in [4.69, 9.17) is 9.47 Å². The first-order chi connectivity index (χ1) is 15.5. The van der Waals surface area contributed by atoms with Gasteiger partial charge in [-0.15, -0.1) is 0 Å². The highest BCUT2D eigenvalue weighted by molar-refractivity contribution is 5.79. The predicted octanol–water partition coefficient (Wildman–Crippen LogP) is 4.75. The van der Waals surface area contributed by atoms with E-state index in [-0.39, 0.29) is 19.1 Å². The van der Waals surface area contributed by atoms with Gasteiger partial charge in [0.05, 0.1) is 19.8 Å². The van der Waals surface area contributed by atoms with Crippen molar-refractivity contribution in [3.05, 3.63) is 88.5 Å². The number of aliphatic hydroxyl groups is 1. The van der Waals surface area contributed by atoms with Crippen LogP contribution in [0.3, 0.4) is 0 Å². The van der Waals surface area contributed by atoms with Crippen molar-refractivity contribution < 1.29 is 19.4 Å². The summed E-state index contributed by atoms with van der Waals surface area (Å²) in [6, 6.07) is 20.0. The van der Waals surface area contributed by atoms with E-state index in [1.807, 2.05) is 50.2 Å². The van der Waals surface area contributed by atoms with Gasteiger partial charge in [0.15, 0.2) is 0 Å². The molecule has 2 N–H and O–H groups in total. The lowest BCUT2D eigenvalue weighted by Gasteiger charge is -2.20. The summed E-state index contributed by atoms with van der Waals surface area (Å²) in [6.07, 6.45) is -0.00254. The smallest absolute Gasteiger partial charge is 0.407 e. The minimum absolute atomic E-state index is 0.00630. The third-order valence-corrected chi connectivity index (χ3v) is 6.24. The van der Waals surface area contributed by atoms with Crippen LogP contribution in [0.1, 0.15) is 33.7 Å². The van der Waals surface area contributed by atoms with Gasteiger partial charge in [0.2, 0.25) is 0 Å². The average molecular weight is 432 g/mol. The molecule has 4 rings (SSSR count). The molecule has 1 aliphatic carbocycles. The van der Waals surface area contributed by atoms with Crippen molar-refractivity contribution >= 4 is 6.09 Å². The number of methoxy groups -OCH3 is 1. The molecule has 0 bridgehead atoms. The Labute approximate surface area is 189 Å². The molecule has 0 fully saturated rings. The topological polar surface area (TPSA) is 67.8 Å². The minimum atomic E-state index is -0.519. The Morgan fingerprint density at radius 3 is 2.09 bits per heavy atom. The van der Waals surface area contributed by atoms with Gasteiger partial charge < -0.3 is 19.9 Å². The first-order valence-electron chi connectivity index (χ1n) is 10.9.